The number of anilines is 1. The summed E-state index contributed by atoms with van der Waals surface area (Å²) in [6.45, 7) is 2.13. The van der Waals surface area contributed by atoms with Crippen LogP contribution in [-0.4, -0.2) is 75.8 Å². The Morgan fingerprint density at radius 3 is 2.75 bits per heavy atom. The average Bonchev–Trinajstić information content (AvgIpc) is 3.57. The van der Waals surface area contributed by atoms with Gasteiger partial charge in [-0.3, -0.25) is 14.2 Å². The molecule has 212 valence electrons. The molecule has 2 amide bonds. The summed E-state index contributed by atoms with van der Waals surface area (Å²) in [6, 6.07) is 7.89. The molecule has 0 bridgehead atoms. The van der Waals surface area contributed by atoms with E-state index < -0.39 is 18.3 Å². The number of rotatable bonds is 7. The van der Waals surface area contributed by atoms with Crippen molar-refractivity contribution in [3.8, 4) is 11.7 Å². The maximum absolute atomic E-state index is 14.1. The highest BCUT2D eigenvalue weighted by Crippen LogP contribution is 2.31. The number of nitrogens with one attached hydrogen (secondary N) is 2. The van der Waals surface area contributed by atoms with E-state index in [1.54, 1.807) is 30.3 Å². The van der Waals surface area contributed by atoms with Crippen LogP contribution in [0.4, 0.5) is 14.7 Å². The van der Waals surface area contributed by atoms with Gasteiger partial charge in [-0.25, -0.2) is 13.8 Å². The molecule has 1 aromatic carbocycles. The number of amides is 2. The third-order valence-corrected chi connectivity index (χ3v) is 7.55. The van der Waals surface area contributed by atoms with E-state index in [-0.39, 0.29) is 35.7 Å². The molecular weight excluding hydrogens is 524 g/mol. The minimum atomic E-state index is -2.81. The molecule has 6 rings (SSSR count). The molecule has 2 aliphatic heterocycles. The van der Waals surface area contributed by atoms with E-state index in [0.29, 0.717) is 81.8 Å². The van der Waals surface area contributed by atoms with Crippen molar-refractivity contribution in [3.05, 3.63) is 36.2 Å². The summed E-state index contributed by atoms with van der Waals surface area (Å²) in [7, 11) is 0. The Morgan fingerprint density at radius 2 is 1.95 bits per heavy atom. The zero-order valence-electron chi connectivity index (χ0n) is 21.9. The molecular formula is C27H31F2N7O4. The Hall–Kier alpha value is -3.87. The Bertz CT molecular complexity index is 1390. The maximum Gasteiger partial charge on any atom is 0.296 e. The van der Waals surface area contributed by atoms with E-state index in [2.05, 4.69) is 25.6 Å². The van der Waals surface area contributed by atoms with E-state index in [1.165, 1.54) is 4.57 Å². The summed E-state index contributed by atoms with van der Waals surface area (Å²) in [5.41, 5.74) is 0.948. The minimum absolute atomic E-state index is 0.0978. The molecule has 3 aromatic rings. The third-order valence-electron chi connectivity index (χ3n) is 7.55. The van der Waals surface area contributed by atoms with Crippen molar-refractivity contribution in [2.45, 2.75) is 63.1 Å². The van der Waals surface area contributed by atoms with E-state index >= 15 is 0 Å². The van der Waals surface area contributed by atoms with Crippen LogP contribution in [-0.2, 0) is 14.3 Å². The lowest BCUT2D eigenvalue weighted by Gasteiger charge is -2.27. The van der Waals surface area contributed by atoms with Crippen molar-refractivity contribution >= 4 is 28.8 Å². The molecule has 2 saturated heterocycles. The number of halogens is 2. The van der Waals surface area contributed by atoms with Gasteiger partial charge in [0.1, 0.15) is 18.0 Å². The normalized spacial score (nSPS) is 23.4. The number of nitrogens with zero attached hydrogens (tertiary/aromatic N) is 5. The second-order valence-corrected chi connectivity index (χ2v) is 10.3. The molecule has 13 heteroatoms. The largest absolute Gasteiger partial charge is 0.474 e. The second-order valence-electron chi connectivity index (χ2n) is 10.3. The fourth-order valence-electron chi connectivity index (χ4n) is 5.57. The summed E-state index contributed by atoms with van der Waals surface area (Å²) in [5, 5.41) is 5.79. The maximum atomic E-state index is 14.1. The van der Waals surface area contributed by atoms with Crippen molar-refractivity contribution in [2.75, 3.05) is 31.2 Å². The number of carbonyl (C=O) groups is 2. The average molecular weight is 556 g/mol. The number of ether oxygens (including phenoxy) is 2. The summed E-state index contributed by atoms with van der Waals surface area (Å²) in [6.07, 6.45) is 0.687. The molecule has 0 spiro atoms. The zero-order chi connectivity index (χ0) is 27.6. The van der Waals surface area contributed by atoms with Crippen LogP contribution in [0.25, 0.3) is 16.9 Å². The van der Waals surface area contributed by atoms with Gasteiger partial charge in [-0.2, -0.15) is 9.97 Å². The first kappa shape index (κ1) is 26.4. The summed E-state index contributed by atoms with van der Waals surface area (Å²) in [4.78, 5) is 39.7. The van der Waals surface area contributed by atoms with Gasteiger partial charge in [0, 0.05) is 38.0 Å². The topological polar surface area (TPSA) is 124 Å². The molecule has 2 N–H and O–H groups in total. The first-order valence-corrected chi connectivity index (χ1v) is 13.7. The highest BCUT2D eigenvalue weighted by Gasteiger charge is 2.32. The van der Waals surface area contributed by atoms with Crippen LogP contribution in [0.15, 0.2) is 30.3 Å². The smallest absolute Gasteiger partial charge is 0.296 e. The van der Waals surface area contributed by atoms with Crippen LogP contribution < -0.4 is 20.3 Å². The Kier molecular flexibility index (Phi) is 7.46. The standard InChI is InChI=1S/C27H31F2N7O4/c28-24(29)25-32-18-4-1-2-6-20(18)36(25)21-15-23(34-27(33-21)35-10-12-39-13-11-35)40-17-9-8-16(14-17)30-26(38)19-5-3-7-22(37)31-19/h1-2,4,6,15-17,19,24H,3,5,7-14H2,(H,30,38)(H,31,37)/t16-,17-,19?/m0/s1. The molecule has 2 aromatic heterocycles. The SMILES string of the molecule is O=C1CCCC(C(=O)N[C@H]2CC[C@H](Oc3cc(-n4c(C(F)F)nc5ccccc54)nc(N4CCOCC4)n3)C2)N1. The number of hydrogen-bond donors (Lipinski definition) is 2. The van der Waals surface area contributed by atoms with Gasteiger partial charge in [-0.05, 0) is 37.8 Å². The number of piperidine rings is 1. The number of benzene rings is 1. The lowest BCUT2D eigenvalue weighted by molar-refractivity contribution is -0.131. The summed E-state index contributed by atoms with van der Waals surface area (Å²) in [5.74, 6) is 0.189. The summed E-state index contributed by atoms with van der Waals surface area (Å²) < 4.78 is 41.3. The monoisotopic (exact) mass is 555 g/mol. The van der Waals surface area contributed by atoms with Crippen LogP contribution in [0.3, 0.4) is 0 Å². The van der Waals surface area contributed by atoms with Crippen molar-refractivity contribution in [1.29, 1.82) is 0 Å². The highest BCUT2D eigenvalue weighted by atomic mass is 19.3. The Morgan fingerprint density at radius 1 is 1.12 bits per heavy atom. The molecule has 0 radical (unpaired) electrons. The summed E-state index contributed by atoms with van der Waals surface area (Å²) >= 11 is 0. The molecule has 4 heterocycles. The predicted octanol–water partition coefficient (Wildman–Crippen LogP) is 2.67. The van der Waals surface area contributed by atoms with E-state index in [0.717, 1.165) is 0 Å². The Balaban J connectivity index is 1.25. The molecule has 3 aliphatic rings. The molecule has 1 saturated carbocycles. The van der Waals surface area contributed by atoms with E-state index in [1.807, 2.05) is 4.90 Å². The van der Waals surface area contributed by atoms with E-state index in [4.69, 9.17) is 9.47 Å². The molecule has 11 nitrogen and oxygen atoms in total. The Labute approximate surface area is 229 Å². The number of carbonyl (C=O) groups excluding carboxylic acids is 2. The third kappa shape index (κ3) is 5.55. The van der Waals surface area contributed by atoms with Crippen molar-refractivity contribution in [3.63, 3.8) is 0 Å². The number of morpholine rings is 1. The predicted molar refractivity (Wildman–Crippen MR) is 141 cm³/mol. The quantitative estimate of drug-likeness (QED) is 0.456. The lowest BCUT2D eigenvalue weighted by atomic mass is 10.0. The molecule has 3 fully saturated rings. The lowest BCUT2D eigenvalue weighted by Crippen LogP contribution is -2.51. The van der Waals surface area contributed by atoms with Gasteiger partial charge < -0.3 is 25.0 Å². The molecule has 1 aliphatic carbocycles. The van der Waals surface area contributed by atoms with Crippen LogP contribution in [0, 0.1) is 0 Å². The first-order chi connectivity index (χ1) is 19.4. The molecule has 3 atom stereocenters. The van der Waals surface area contributed by atoms with Crippen molar-refractivity contribution < 1.29 is 27.8 Å². The first-order valence-electron chi connectivity index (χ1n) is 13.7. The van der Waals surface area contributed by atoms with Gasteiger partial charge >= 0.3 is 0 Å². The van der Waals surface area contributed by atoms with E-state index in [9.17, 15) is 18.4 Å². The van der Waals surface area contributed by atoms with Gasteiger partial charge in [-0.15, -0.1) is 0 Å². The van der Waals surface area contributed by atoms with Crippen molar-refractivity contribution in [1.82, 2.24) is 30.2 Å². The van der Waals surface area contributed by atoms with Gasteiger partial charge in [-0.1, -0.05) is 12.1 Å². The fourth-order valence-corrected chi connectivity index (χ4v) is 5.57. The highest BCUT2D eigenvalue weighted by molar-refractivity contribution is 5.88. The van der Waals surface area contributed by atoms with Crippen LogP contribution in [0.5, 0.6) is 5.88 Å². The number of fused-ring (bicyclic) bond motifs is 1. The number of hydrogen-bond acceptors (Lipinski definition) is 8. The van der Waals surface area contributed by atoms with Crippen LogP contribution in [0.2, 0.25) is 0 Å². The number of imidazole rings is 1. The van der Waals surface area contributed by atoms with Gasteiger partial charge in [0.15, 0.2) is 5.82 Å². The fraction of sp³-hybridized carbons (Fsp3) is 0.519. The molecule has 1 unspecified atom stereocenters. The minimum Gasteiger partial charge on any atom is -0.474 e. The zero-order valence-corrected chi connectivity index (χ0v) is 21.9. The molecule has 40 heavy (non-hydrogen) atoms. The van der Waals surface area contributed by atoms with Crippen LogP contribution in [0.1, 0.15) is 50.8 Å². The van der Waals surface area contributed by atoms with Crippen molar-refractivity contribution in [2.24, 2.45) is 0 Å². The van der Waals surface area contributed by atoms with Gasteiger partial charge in [0.25, 0.3) is 6.43 Å². The second kappa shape index (κ2) is 11.3. The number of alkyl halides is 2. The number of aromatic nitrogens is 4. The van der Waals surface area contributed by atoms with Gasteiger partial charge in [0.2, 0.25) is 23.6 Å². The van der Waals surface area contributed by atoms with Gasteiger partial charge in [0.05, 0.1) is 24.2 Å². The van der Waals surface area contributed by atoms with Crippen LogP contribution >= 0.6 is 0 Å². The number of para-hydroxylation sites is 2.